The number of hydrogen-bond acceptors (Lipinski definition) is 4. The molecule has 1 aromatic rings. The number of hydrogen-bond donors (Lipinski definition) is 2. The predicted octanol–water partition coefficient (Wildman–Crippen LogP) is 2.66. The molecule has 1 atom stereocenters. The number of pyridine rings is 1. The lowest BCUT2D eigenvalue weighted by Crippen LogP contribution is -2.34. The van der Waals surface area contributed by atoms with Gasteiger partial charge in [-0.3, -0.25) is 0 Å². The van der Waals surface area contributed by atoms with Gasteiger partial charge in [0.1, 0.15) is 11.6 Å². The highest BCUT2D eigenvalue weighted by Crippen LogP contribution is 2.10. The molecule has 102 valence electrons. The predicted molar refractivity (Wildman–Crippen MR) is 79.3 cm³/mol. The number of nitrogens with zero attached hydrogens (tertiary/aromatic N) is 2. The van der Waals surface area contributed by atoms with Crippen LogP contribution in [0.1, 0.15) is 27.7 Å². The molecule has 0 spiro atoms. The topological polar surface area (TPSA) is 40.2 Å². The third-order valence-corrected chi connectivity index (χ3v) is 2.93. The van der Waals surface area contributed by atoms with Crippen molar-refractivity contribution in [2.75, 3.05) is 36.8 Å². The van der Waals surface area contributed by atoms with Crippen LogP contribution < -0.4 is 10.6 Å². The smallest absolute Gasteiger partial charge is 0.128 e. The lowest BCUT2D eigenvalue weighted by atomic mass is 10.3. The van der Waals surface area contributed by atoms with Gasteiger partial charge < -0.3 is 15.5 Å². The van der Waals surface area contributed by atoms with Crippen LogP contribution in [0.5, 0.6) is 0 Å². The van der Waals surface area contributed by atoms with E-state index in [-0.39, 0.29) is 0 Å². The summed E-state index contributed by atoms with van der Waals surface area (Å²) in [7, 11) is 0. The molecule has 0 radical (unpaired) electrons. The van der Waals surface area contributed by atoms with Crippen molar-refractivity contribution >= 4 is 11.6 Å². The van der Waals surface area contributed by atoms with Gasteiger partial charge in [0.05, 0.1) is 0 Å². The first kappa shape index (κ1) is 14.8. The molecule has 1 heterocycles. The summed E-state index contributed by atoms with van der Waals surface area (Å²) < 4.78 is 0. The van der Waals surface area contributed by atoms with E-state index in [0.29, 0.717) is 6.04 Å². The van der Waals surface area contributed by atoms with Crippen LogP contribution in [0.2, 0.25) is 0 Å². The summed E-state index contributed by atoms with van der Waals surface area (Å²) in [5, 5.41) is 6.67. The van der Waals surface area contributed by atoms with Crippen LogP contribution in [-0.2, 0) is 0 Å². The van der Waals surface area contributed by atoms with Gasteiger partial charge >= 0.3 is 0 Å². The van der Waals surface area contributed by atoms with Crippen molar-refractivity contribution in [3.05, 3.63) is 18.2 Å². The van der Waals surface area contributed by atoms with Gasteiger partial charge in [0, 0.05) is 19.1 Å². The highest BCUT2D eigenvalue weighted by atomic mass is 15.2. The van der Waals surface area contributed by atoms with Crippen LogP contribution in [-0.4, -0.2) is 42.1 Å². The molecule has 0 fully saturated rings. The average molecular weight is 250 g/mol. The lowest BCUT2D eigenvalue weighted by molar-refractivity contribution is 0.294. The summed E-state index contributed by atoms with van der Waals surface area (Å²) in [4.78, 5) is 6.93. The highest BCUT2D eigenvalue weighted by molar-refractivity contribution is 5.45. The summed E-state index contributed by atoms with van der Waals surface area (Å²) in [6.45, 7) is 12.8. The van der Waals surface area contributed by atoms with Crippen LogP contribution >= 0.6 is 0 Å². The Morgan fingerprint density at radius 1 is 1.17 bits per heavy atom. The van der Waals surface area contributed by atoms with Gasteiger partial charge in [-0.05, 0) is 39.1 Å². The standard InChI is InChI=1S/C14H26N4/c1-5-15-13-9-8-10-14(17-13)16-12(4)11-18(6-2)7-3/h8-10,12H,5-7,11H2,1-4H3,(H2,15,16,17). The largest absolute Gasteiger partial charge is 0.370 e. The third kappa shape index (κ3) is 4.92. The third-order valence-electron chi connectivity index (χ3n) is 2.93. The fraction of sp³-hybridized carbons (Fsp3) is 0.643. The van der Waals surface area contributed by atoms with Gasteiger partial charge in [-0.25, -0.2) is 4.98 Å². The first-order chi connectivity index (χ1) is 8.69. The number of aromatic nitrogens is 1. The number of likely N-dealkylation sites (N-methyl/N-ethyl adjacent to an activating group) is 1. The summed E-state index contributed by atoms with van der Waals surface area (Å²) in [6.07, 6.45) is 0. The van der Waals surface area contributed by atoms with Crippen molar-refractivity contribution in [3.8, 4) is 0 Å². The SMILES string of the molecule is CCNc1cccc(NC(C)CN(CC)CC)n1. The fourth-order valence-corrected chi connectivity index (χ4v) is 1.96. The van der Waals surface area contributed by atoms with Gasteiger partial charge in [0.25, 0.3) is 0 Å². The molecule has 2 N–H and O–H groups in total. The van der Waals surface area contributed by atoms with E-state index in [1.54, 1.807) is 0 Å². The van der Waals surface area contributed by atoms with Gasteiger partial charge in [-0.1, -0.05) is 19.9 Å². The maximum atomic E-state index is 4.52. The van der Waals surface area contributed by atoms with Gasteiger partial charge in [-0.2, -0.15) is 0 Å². The zero-order chi connectivity index (χ0) is 13.4. The van der Waals surface area contributed by atoms with Crippen LogP contribution in [0, 0.1) is 0 Å². The van der Waals surface area contributed by atoms with Crippen LogP contribution in [0.15, 0.2) is 18.2 Å². The second-order valence-electron chi connectivity index (χ2n) is 4.47. The van der Waals surface area contributed by atoms with E-state index in [4.69, 9.17) is 0 Å². The van der Waals surface area contributed by atoms with Crippen molar-refractivity contribution in [3.63, 3.8) is 0 Å². The Bertz CT molecular complexity index is 336. The van der Waals surface area contributed by atoms with E-state index in [9.17, 15) is 0 Å². The second-order valence-corrected chi connectivity index (χ2v) is 4.47. The Balaban J connectivity index is 2.52. The maximum absolute atomic E-state index is 4.52. The van der Waals surface area contributed by atoms with E-state index >= 15 is 0 Å². The van der Waals surface area contributed by atoms with Crippen molar-refractivity contribution < 1.29 is 0 Å². The summed E-state index contributed by atoms with van der Waals surface area (Å²) in [6, 6.07) is 6.43. The van der Waals surface area contributed by atoms with Gasteiger partial charge in [0.2, 0.25) is 0 Å². The quantitative estimate of drug-likeness (QED) is 0.744. The normalized spacial score (nSPS) is 12.5. The second kappa shape index (κ2) is 7.93. The fourth-order valence-electron chi connectivity index (χ4n) is 1.96. The first-order valence-electron chi connectivity index (χ1n) is 6.89. The summed E-state index contributed by atoms with van der Waals surface area (Å²) in [5.41, 5.74) is 0. The molecule has 4 nitrogen and oxygen atoms in total. The monoisotopic (exact) mass is 250 g/mol. The highest BCUT2D eigenvalue weighted by Gasteiger charge is 2.07. The van der Waals surface area contributed by atoms with Gasteiger partial charge in [0.15, 0.2) is 0 Å². The van der Waals surface area contributed by atoms with E-state index in [2.05, 4.69) is 48.2 Å². The number of rotatable bonds is 8. The van der Waals surface area contributed by atoms with Crippen molar-refractivity contribution in [2.24, 2.45) is 0 Å². The molecular weight excluding hydrogens is 224 g/mol. The Kier molecular flexibility index (Phi) is 6.50. The maximum Gasteiger partial charge on any atom is 0.128 e. The van der Waals surface area contributed by atoms with E-state index < -0.39 is 0 Å². The van der Waals surface area contributed by atoms with E-state index in [1.807, 2.05) is 18.2 Å². The minimum atomic E-state index is 0.397. The Hall–Kier alpha value is -1.29. The molecular formula is C14H26N4. The zero-order valence-electron chi connectivity index (χ0n) is 12.0. The van der Waals surface area contributed by atoms with Crippen LogP contribution in [0.4, 0.5) is 11.6 Å². The van der Waals surface area contributed by atoms with Crippen LogP contribution in [0.25, 0.3) is 0 Å². The zero-order valence-corrected chi connectivity index (χ0v) is 12.0. The Labute approximate surface area is 111 Å². The summed E-state index contributed by atoms with van der Waals surface area (Å²) in [5.74, 6) is 1.87. The molecule has 18 heavy (non-hydrogen) atoms. The number of anilines is 2. The van der Waals surface area contributed by atoms with Crippen molar-refractivity contribution in [2.45, 2.75) is 33.7 Å². The Morgan fingerprint density at radius 2 is 1.83 bits per heavy atom. The molecule has 0 aliphatic carbocycles. The molecule has 1 rings (SSSR count). The molecule has 0 aliphatic heterocycles. The van der Waals surface area contributed by atoms with Gasteiger partial charge in [-0.15, -0.1) is 0 Å². The molecule has 0 amide bonds. The molecule has 1 unspecified atom stereocenters. The number of nitrogens with one attached hydrogen (secondary N) is 2. The van der Waals surface area contributed by atoms with E-state index in [0.717, 1.165) is 37.8 Å². The molecule has 0 saturated heterocycles. The lowest BCUT2D eigenvalue weighted by Gasteiger charge is -2.23. The molecule has 1 aromatic heterocycles. The molecule has 4 heteroatoms. The average Bonchev–Trinajstić information content (AvgIpc) is 2.36. The minimum absolute atomic E-state index is 0.397. The van der Waals surface area contributed by atoms with Crippen molar-refractivity contribution in [1.29, 1.82) is 0 Å². The van der Waals surface area contributed by atoms with E-state index in [1.165, 1.54) is 0 Å². The van der Waals surface area contributed by atoms with Crippen molar-refractivity contribution in [1.82, 2.24) is 9.88 Å². The molecule has 0 aromatic carbocycles. The molecule has 0 bridgehead atoms. The first-order valence-corrected chi connectivity index (χ1v) is 6.89. The van der Waals surface area contributed by atoms with Crippen LogP contribution in [0.3, 0.4) is 0 Å². The molecule has 0 saturated carbocycles. The Morgan fingerprint density at radius 3 is 2.44 bits per heavy atom. The molecule has 0 aliphatic rings. The minimum Gasteiger partial charge on any atom is -0.370 e. The summed E-state index contributed by atoms with van der Waals surface area (Å²) >= 11 is 0.